The van der Waals surface area contributed by atoms with E-state index in [-0.39, 0.29) is 5.56 Å². The van der Waals surface area contributed by atoms with E-state index in [1.165, 1.54) is 24.9 Å². The molecule has 0 spiro atoms. The molecule has 0 bridgehead atoms. The largest absolute Gasteiger partial charge is 0.493 e. The van der Waals surface area contributed by atoms with E-state index in [0.29, 0.717) is 22.4 Å². The molecule has 3 aromatic rings. The first-order chi connectivity index (χ1) is 11.6. The van der Waals surface area contributed by atoms with Crippen molar-refractivity contribution in [2.24, 2.45) is 0 Å². The summed E-state index contributed by atoms with van der Waals surface area (Å²) in [7, 11) is 1.49. The highest BCUT2D eigenvalue weighted by Crippen LogP contribution is 2.26. The van der Waals surface area contributed by atoms with Crippen LogP contribution in [0.1, 0.15) is 10.4 Å². The third-order valence-corrected chi connectivity index (χ3v) is 4.34. The molecule has 24 heavy (non-hydrogen) atoms. The van der Waals surface area contributed by atoms with Gasteiger partial charge in [0.25, 0.3) is 5.91 Å². The number of carbonyl (C=O) groups excluding carboxylic acids is 1. The number of hydrogen-bond donors (Lipinski definition) is 1. The standard InChI is InChI=1S/C18H15NO4S/c1-22-14-8-5-6-11-10-12(18(21)23-16(11)14)17(20)19-13-7-3-4-9-15(13)24-2/h3-10H,1-2H3,(H,19,20). The lowest BCUT2D eigenvalue weighted by Gasteiger charge is -2.09. The second-order valence-electron chi connectivity index (χ2n) is 4.98. The van der Waals surface area contributed by atoms with E-state index in [0.717, 1.165) is 4.90 Å². The average Bonchev–Trinajstić information content (AvgIpc) is 2.61. The van der Waals surface area contributed by atoms with Crippen LogP contribution in [0, 0.1) is 0 Å². The fourth-order valence-electron chi connectivity index (χ4n) is 2.37. The van der Waals surface area contributed by atoms with Gasteiger partial charge in [0.15, 0.2) is 11.3 Å². The number of para-hydroxylation sites is 2. The van der Waals surface area contributed by atoms with E-state index in [1.54, 1.807) is 24.3 Å². The number of anilines is 1. The van der Waals surface area contributed by atoms with Gasteiger partial charge in [-0.25, -0.2) is 4.79 Å². The molecule has 0 aliphatic rings. The smallest absolute Gasteiger partial charge is 0.349 e. The minimum absolute atomic E-state index is 0.0494. The van der Waals surface area contributed by atoms with E-state index in [9.17, 15) is 9.59 Å². The predicted molar refractivity (Wildman–Crippen MR) is 95.2 cm³/mol. The van der Waals surface area contributed by atoms with Crippen molar-refractivity contribution in [3.8, 4) is 5.75 Å². The van der Waals surface area contributed by atoms with E-state index < -0.39 is 11.5 Å². The van der Waals surface area contributed by atoms with Crippen LogP contribution in [0.3, 0.4) is 0 Å². The van der Waals surface area contributed by atoms with E-state index in [4.69, 9.17) is 9.15 Å². The SMILES string of the molecule is COc1cccc2cc(C(=O)Nc3ccccc3SC)c(=O)oc12. The summed E-state index contributed by atoms with van der Waals surface area (Å²) >= 11 is 1.51. The Kier molecular flexibility index (Phi) is 4.57. The minimum Gasteiger partial charge on any atom is -0.493 e. The van der Waals surface area contributed by atoms with Crippen molar-refractivity contribution in [2.45, 2.75) is 4.90 Å². The maximum atomic E-state index is 12.5. The fraction of sp³-hybridized carbons (Fsp3) is 0.111. The molecule has 0 saturated heterocycles. The molecule has 0 aliphatic heterocycles. The second kappa shape index (κ2) is 6.80. The summed E-state index contributed by atoms with van der Waals surface area (Å²) in [6.07, 6.45) is 1.92. The molecule has 3 rings (SSSR count). The van der Waals surface area contributed by atoms with Crippen molar-refractivity contribution < 1.29 is 13.9 Å². The van der Waals surface area contributed by atoms with Crippen LogP contribution in [0.4, 0.5) is 5.69 Å². The van der Waals surface area contributed by atoms with Crippen LogP contribution in [0.15, 0.2) is 62.6 Å². The Balaban J connectivity index is 2.01. The number of benzene rings is 2. The molecule has 2 aromatic carbocycles. The first kappa shape index (κ1) is 16.1. The lowest BCUT2D eigenvalue weighted by Crippen LogP contribution is -2.21. The van der Waals surface area contributed by atoms with Crippen LogP contribution in [0.2, 0.25) is 0 Å². The number of rotatable bonds is 4. The van der Waals surface area contributed by atoms with E-state index in [1.807, 2.05) is 24.5 Å². The number of ether oxygens (including phenoxy) is 1. The second-order valence-corrected chi connectivity index (χ2v) is 5.83. The van der Waals surface area contributed by atoms with Crippen LogP contribution >= 0.6 is 11.8 Å². The molecule has 0 saturated carbocycles. The van der Waals surface area contributed by atoms with Crippen LogP contribution < -0.4 is 15.7 Å². The molecule has 1 amide bonds. The molecule has 1 heterocycles. The van der Waals surface area contributed by atoms with Crippen LogP contribution in [-0.4, -0.2) is 19.3 Å². The maximum Gasteiger partial charge on any atom is 0.349 e. The molecular weight excluding hydrogens is 326 g/mol. The summed E-state index contributed by atoms with van der Waals surface area (Å²) in [6, 6.07) is 14.1. The van der Waals surface area contributed by atoms with Gasteiger partial charge in [-0.1, -0.05) is 24.3 Å². The number of thioether (sulfide) groups is 1. The van der Waals surface area contributed by atoms with Gasteiger partial charge in [-0.3, -0.25) is 4.79 Å². The Morgan fingerprint density at radius 2 is 1.96 bits per heavy atom. The zero-order chi connectivity index (χ0) is 17.1. The Morgan fingerprint density at radius 3 is 2.71 bits per heavy atom. The third kappa shape index (κ3) is 3.00. The summed E-state index contributed by atoms with van der Waals surface area (Å²) in [5, 5.41) is 3.38. The van der Waals surface area contributed by atoms with Gasteiger partial charge in [-0.2, -0.15) is 0 Å². The molecule has 0 atom stereocenters. The fourth-order valence-corrected chi connectivity index (χ4v) is 2.93. The Morgan fingerprint density at radius 1 is 1.17 bits per heavy atom. The summed E-state index contributed by atoms with van der Waals surface area (Å²) in [5.74, 6) is -0.0562. The summed E-state index contributed by atoms with van der Waals surface area (Å²) in [4.78, 5) is 25.6. The Labute approximate surface area is 142 Å². The number of amides is 1. The van der Waals surface area contributed by atoms with Crippen molar-refractivity contribution in [1.82, 2.24) is 0 Å². The normalized spacial score (nSPS) is 10.6. The number of methoxy groups -OCH3 is 1. The number of carbonyl (C=O) groups is 1. The lowest BCUT2D eigenvalue weighted by atomic mass is 10.1. The van der Waals surface area contributed by atoms with Gasteiger partial charge in [0.2, 0.25) is 0 Å². The van der Waals surface area contributed by atoms with Gasteiger partial charge in [-0.05, 0) is 30.5 Å². The first-order valence-electron chi connectivity index (χ1n) is 7.19. The van der Waals surface area contributed by atoms with Crippen LogP contribution in [0.5, 0.6) is 5.75 Å². The van der Waals surface area contributed by atoms with Gasteiger partial charge < -0.3 is 14.5 Å². The van der Waals surface area contributed by atoms with Crippen molar-refractivity contribution in [2.75, 3.05) is 18.7 Å². The van der Waals surface area contributed by atoms with E-state index >= 15 is 0 Å². The quantitative estimate of drug-likeness (QED) is 0.578. The highest BCUT2D eigenvalue weighted by Gasteiger charge is 2.16. The summed E-state index contributed by atoms with van der Waals surface area (Å²) < 4.78 is 10.5. The van der Waals surface area contributed by atoms with Crippen molar-refractivity contribution >= 4 is 34.3 Å². The predicted octanol–water partition coefficient (Wildman–Crippen LogP) is 3.78. The zero-order valence-electron chi connectivity index (χ0n) is 13.2. The Bertz CT molecular complexity index is 965. The average molecular weight is 341 g/mol. The molecule has 0 unspecified atom stereocenters. The van der Waals surface area contributed by atoms with Crippen LogP contribution in [0.25, 0.3) is 11.0 Å². The Hall–Kier alpha value is -2.73. The molecule has 0 aliphatic carbocycles. The first-order valence-corrected chi connectivity index (χ1v) is 8.41. The van der Waals surface area contributed by atoms with Crippen molar-refractivity contribution in [1.29, 1.82) is 0 Å². The molecule has 0 fully saturated rings. The molecule has 0 radical (unpaired) electrons. The minimum atomic E-state index is -0.703. The third-order valence-electron chi connectivity index (χ3n) is 3.54. The maximum absolute atomic E-state index is 12.5. The monoisotopic (exact) mass is 341 g/mol. The topological polar surface area (TPSA) is 68.5 Å². The molecule has 6 heteroatoms. The molecular formula is C18H15NO4S. The lowest BCUT2D eigenvalue weighted by molar-refractivity contribution is 0.102. The van der Waals surface area contributed by atoms with Crippen molar-refractivity contribution in [3.05, 3.63) is 64.5 Å². The molecule has 1 N–H and O–H groups in total. The number of hydrogen-bond acceptors (Lipinski definition) is 5. The number of fused-ring (bicyclic) bond motifs is 1. The summed E-state index contributed by atoms with van der Waals surface area (Å²) in [5.41, 5.74) is 0.226. The van der Waals surface area contributed by atoms with Crippen molar-refractivity contribution in [3.63, 3.8) is 0 Å². The van der Waals surface area contributed by atoms with Crippen LogP contribution in [-0.2, 0) is 0 Å². The van der Waals surface area contributed by atoms with E-state index in [2.05, 4.69) is 5.32 Å². The highest BCUT2D eigenvalue weighted by atomic mass is 32.2. The van der Waals surface area contributed by atoms with Gasteiger partial charge in [0, 0.05) is 10.3 Å². The molecule has 5 nitrogen and oxygen atoms in total. The zero-order valence-corrected chi connectivity index (χ0v) is 14.0. The van der Waals surface area contributed by atoms with Gasteiger partial charge in [0.05, 0.1) is 12.8 Å². The molecule has 1 aromatic heterocycles. The summed E-state index contributed by atoms with van der Waals surface area (Å²) in [6.45, 7) is 0. The van der Waals surface area contributed by atoms with Gasteiger partial charge in [-0.15, -0.1) is 11.8 Å². The highest BCUT2D eigenvalue weighted by molar-refractivity contribution is 7.98. The number of nitrogens with one attached hydrogen (secondary N) is 1. The van der Waals surface area contributed by atoms with Gasteiger partial charge in [0.1, 0.15) is 5.56 Å². The molecule has 122 valence electrons. The van der Waals surface area contributed by atoms with Gasteiger partial charge >= 0.3 is 5.63 Å².